The second kappa shape index (κ2) is 6.22. The van der Waals surface area contributed by atoms with Crippen molar-refractivity contribution >= 4 is 11.9 Å². The van der Waals surface area contributed by atoms with Gasteiger partial charge in [0.2, 0.25) is 5.91 Å². The second-order valence-corrected chi connectivity index (χ2v) is 3.06. The lowest BCUT2D eigenvalue weighted by Gasteiger charge is -1.98. The highest BCUT2D eigenvalue weighted by Gasteiger charge is 2.02. The first kappa shape index (κ1) is 11.7. The maximum Gasteiger partial charge on any atom is 0.303 e. The van der Waals surface area contributed by atoms with Crippen LogP contribution in [0.15, 0.2) is 12.3 Å². The van der Waals surface area contributed by atoms with E-state index in [1.807, 2.05) is 19.9 Å². The number of nitrogens with one attached hydrogen (secondary N) is 1. The topological polar surface area (TPSA) is 66.4 Å². The zero-order valence-corrected chi connectivity index (χ0v) is 7.91. The number of carbonyl (C=O) groups excluding carboxylic acids is 1. The summed E-state index contributed by atoms with van der Waals surface area (Å²) in [7, 11) is 0. The number of hydrogen-bond acceptors (Lipinski definition) is 2. The van der Waals surface area contributed by atoms with Gasteiger partial charge in [-0.05, 0) is 12.1 Å². The average molecular weight is 185 g/mol. The minimum absolute atomic E-state index is 0.0256. The van der Waals surface area contributed by atoms with Gasteiger partial charge in [-0.2, -0.15) is 0 Å². The molecule has 0 aromatic carbocycles. The second-order valence-electron chi connectivity index (χ2n) is 3.06. The molecule has 0 saturated heterocycles. The van der Waals surface area contributed by atoms with Gasteiger partial charge in [0.05, 0.1) is 6.42 Å². The highest BCUT2D eigenvalue weighted by atomic mass is 16.4. The lowest BCUT2D eigenvalue weighted by atomic mass is 10.2. The molecule has 0 spiro atoms. The Balaban J connectivity index is 3.57. The quantitative estimate of drug-likeness (QED) is 0.674. The first-order chi connectivity index (χ1) is 6.02. The van der Waals surface area contributed by atoms with E-state index in [-0.39, 0.29) is 18.7 Å². The molecule has 0 atom stereocenters. The van der Waals surface area contributed by atoms with Crippen molar-refractivity contribution in [2.75, 3.05) is 0 Å². The summed E-state index contributed by atoms with van der Waals surface area (Å²) >= 11 is 0. The number of allylic oxidation sites excluding steroid dienone is 1. The van der Waals surface area contributed by atoms with Gasteiger partial charge in [0, 0.05) is 6.42 Å². The predicted molar refractivity (Wildman–Crippen MR) is 49.0 cm³/mol. The molecule has 0 heterocycles. The third-order valence-electron chi connectivity index (χ3n) is 1.29. The van der Waals surface area contributed by atoms with E-state index in [0.717, 1.165) is 0 Å². The van der Waals surface area contributed by atoms with Crippen molar-refractivity contribution < 1.29 is 14.7 Å². The predicted octanol–water partition coefficient (Wildman–Crippen LogP) is 1.14. The normalized spacial score (nSPS) is 10.7. The number of carboxylic acids is 1. The molecule has 0 aliphatic rings. The monoisotopic (exact) mass is 185 g/mol. The summed E-state index contributed by atoms with van der Waals surface area (Å²) in [6.45, 7) is 3.97. The van der Waals surface area contributed by atoms with Crippen LogP contribution in [0.1, 0.15) is 26.7 Å². The van der Waals surface area contributed by atoms with Gasteiger partial charge in [0.25, 0.3) is 0 Å². The van der Waals surface area contributed by atoms with Crippen molar-refractivity contribution in [1.82, 2.24) is 5.32 Å². The van der Waals surface area contributed by atoms with E-state index in [1.165, 1.54) is 0 Å². The maximum atomic E-state index is 10.9. The van der Waals surface area contributed by atoms with Gasteiger partial charge < -0.3 is 10.4 Å². The molecule has 4 nitrogen and oxygen atoms in total. The van der Waals surface area contributed by atoms with E-state index in [4.69, 9.17) is 5.11 Å². The first-order valence-electron chi connectivity index (χ1n) is 4.20. The third-order valence-corrected chi connectivity index (χ3v) is 1.29. The van der Waals surface area contributed by atoms with Crippen molar-refractivity contribution in [3.8, 4) is 0 Å². The van der Waals surface area contributed by atoms with Crippen molar-refractivity contribution in [2.24, 2.45) is 5.92 Å². The Morgan fingerprint density at radius 1 is 1.38 bits per heavy atom. The number of carbonyl (C=O) groups is 2. The molecule has 0 rings (SSSR count). The van der Waals surface area contributed by atoms with Gasteiger partial charge in [-0.3, -0.25) is 9.59 Å². The Morgan fingerprint density at radius 3 is 2.46 bits per heavy atom. The van der Waals surface area contributed by atoms with Crippen LogP contribution in [0.2, 0.25) is 0 Å². The SMILES string of the molecule is CC(C)/C=C/NC(=O)CCC(=O)O. The molecular formula is C9H15NO3. The molecular weight excluding hydrogens is 170 g/mol. The minimum Gasteiger partial charge on any atom is -0.481 e. The van der Waals surface area contributed by atoms with Crippen molar-refractivity contribution in [3.63, 3.8) is 0 Å². The van der Waals surface area contributed by atoms with Crippen molar-refractivity contribution in [1.29, 1.82) is 0 Å². The van der Waals surface area contributed by atoms with Crippen LogP contribution in [-0.2, 0) is 9.59 Å². The van der Waals surface area contributed by atoms with E-state index in [1.54, 1.807) is 6.20 Å². The van der Waals surface area contributed by atoms with Crippen LogP contribution in [0.5, 0.6) is 0 Å². The van der Waals surface area contributed by atoms with Crippen molar-refractivity contribution in [2.45, 2.75) is 26.7 Å². The Hall–Kier alpha value is -1.32. The van der Waals surface area contributed by atoms with Crippen LogP contribution >= 0.6 is 0 Å². The van der Waals surface area contributed by atoms with Gasteiger partial charge in [0.15, 0.2) is 0 Å². The van der Waals surface area contributed by atoms with Crippen LogP contribution < -0.4 is 5.32 Å². The lowest BCUT2D eigenvalue weighted by Crippen LogP contribution is -2.17. The van der Waals surface area contributed by atoms with Crippen LogP contribution in [0.3, 0.4) is 0 Å². The van der Waals surface area contributed by atoms with E-state index < -0.39 is 5.97 Å². The summed E-state index contributed by atoms with van der Waals surface area (Å²) in [5.74, 6) is -0.845. The first-order valence-corrected chi connectivity index (χ1v) is 4.20. The van der Waals surface area contributed by atoms with E-state index in [2.05, 4.69) is 5.32 Å². The molecule has 13 heavy (non-hydrogen) atoms. The van der Waals surface area contributed by atoms with E-state index in [0.29, 0.717) is 5.92 Å². The summed E-state index contributed by atoms with van der Waals surface area (Å²) in [6.07, 6.45) is 3.28. The van der Waals surface area contributed by atoms with Crippen LogP contribution in [0.4, 0.5) is 0 Å². The largest absolute Gasteiger partial charge is 0.481 e. The minimum atomic E-state index is -0.956. The number of aliphatic carboxylic acids is 1. The standard InChI is InChI=1S/C9H15NO3/c1-7(2)5-6-10-8(11)3-4-9(12)13/h5-7H,3-4H2,1-2H3,(H,10,11)(H,12,13)/b6-5+. The molecule has 0 aliphatic heterocycles. The Morgan fingerprint density at radius 2 is 2.00 bits per heavy atom. The Bertz CT molecular complexity index is 209. The van der Waals surface area contributed by atoms with Crippen LogP contribution in [0, 0.1) is 5.92 Å². The Labute approximate surface area is 77.6 Å². The van der Waals surface area contributed by atoms with Gasteiger partial charge in [-0.25, -0.2) is 0 Å². The van der Waals surface area contributed by atoms with E-state index >= 15 is 0 Å². The van der Waals surface area contributed by atoms with Gasteiger partial charge in [0.1, 0.15) is 0 Å². The zero-order chi connectivity index (χ0) is 10.3. The molecule has 0 radical (unpaired) electrons. The summed E-state index contributed by atoms with van der Waals surface area (Å²) in [4.78, 5) is 21.0. The fourth-order valence-electron chi connectivity index (χ4n) is 0.626. The molecule has 0 aliphatic carbocycles. The van der Waals surface area contributed by atoms with E-state index in [9.17, 15) is 9.59 Å². The molecule has 0 unspecified atom stereocenters. The molecule has 0 bridgehead atoms. The maximum absolute atomic E-state index is 10.9. The summed E-state index contributed by atoms with van der Waals surface area (Å²) in [5.41, 5.74) is 0. The molecule has 2 N–H and O–H groups in total. The number of carboxylic acid groups (broad SMARTS) is 1. The highest BCUT2D eigenvalue weighted by molar-refractivity contribution is 5.81. The number of rotatable bonds is 5. The molecule has 0 aromatic heterocycles. The number of hydrogen-bond donors (Lipinski definition) is 2. The van der Waals surface area contributed by atoms with Crippen LogP contribution in [0.25, 0.3) is 0 Å². The number of amides is 1. The fraction of sp³-hybridized carbons (Fsp3) is 0.556. The zero-order valence-electron chi connectivity index (χ0n) is 7.91. The average Bonchev–Trinajstić information content (AvgIpc) is 2.00. The Kier molecular flexibility index (Phi) is 5.59. The smallest absolute Gasteiger partial charge is 0.303 e. The molecule has 0 aromatic rings. The molecule has 74 valence electrons. The highest BCUT2D eigenvalue weighted by Crippen LogP contribution is 1.92. The fourth-order valence-corrected chi connectivity index (χ4v) is 0.626. The van der Waals surface area contributed by atoms with Crippen LogP contribution in [-0.4, -0.2) is 17.0 Å². The summed E-state index contributed by atoms with van der Waals surface area (Å²) in [5, 5.41) is 10.8. The summed E-state index contributed by atoms with van der Waals surface area (Å²) in [6, 6.07) is 0. The van der Waals surface area contributed by atoms with Gasteiger partial charge in [-0.1, -0.05) is 19.9 Å². The molecule has 4 heteroatoms. The molecule has 0 saturated carbocycles. The van der Waals surface area contributed by atoms with Crippen molar-refractivity contribution in [3.05, 3.63) is 12.3 Å². The molecule has 1 amide bonds. The van der Waals surface area contributed by atoms with Gasteiger partial charge >= 0.3 is 5.97 Å². The lowest BCUT2D eigenvalue weighted by molar-refractivity contribution is -0.138. The summed E-state index contributed by atoms with van der Waals surface area (Å²) < 4.78 is 0. The molecule has 0 fully saturated rings. The third kappa shape index (κ3) is 8.59. The van der Waals surface area contributed by atoms with Gasteiger partial charge in [-0.15, -0.1) is 0 Å².